The number of aromatic nitrogens is 1. The highest BCUT2D eigenvalue weighted by atomic mass is 35.5. The second kappa shape index (κ2) is 5.85. The Morgan fingerprint density at radius 2 is 2.19 bits per heavy atom. The topological polar surface area (TPSA) is 28.5 Å². The minimum atomic E-state index is 0.586. The lowest BCUT2D eigenvalue weighted by Gasteiger charge is -2.09. The van der Waals surface area contributed by atoms with Gasteiger partial charge in [-0.05, 0) is 31.9 Å². The van der Waals surface area contributed by atoms with Crippen molar-refractivity contribution in [3.63, 3.8) is 0 Å². The molecule has 0 saturated carbocycles. The maximum atomic E-state index is 6.02. The van der Waals surface area contributed by atoms with Crippen LogP contribution in [0.2, 0.25) is 5.15 Å². The molecule has 0 aromatic carbocycles. The minimum absolute atomic E-state index is 0.586. The van der Waals surface area contributed by atoms with Crippen molar-refractivity contribution >= 4 is 23.6 Å². The van der Waals surface area contributed by atoms with Crippen molar-refractivity contribution in [1.29, 1.82) is 0 Å². The molecule has 3 nitrogen and oxygen atoms in total. The van der Waals surface area contributed by atoms with Gasteiger partial charge in [0.2, 0.25) is 0 Å². The Bertz CT molecular complexity index is 388. The summed E-state index contributed by atoms with van der Waals surface area (Å²) in [6, 6.07) is 2.00. The molecule has 0 fully saturated rings. The molecule has 0 bridgehead atoms. The standard InChI is InChI=1S/C12H18ClN3/c1-5-10-7-11(9(3)15-12(10)13)14-8-16(4)6-2/h7-8H,5-6H2,1-4H3. The highest BCUT2D eigenvalue weighted by Crippen LogP contribution is 2.23. The molecular formula is C12H18ClN3. The summed E-state index contributed by atoms with van der Waals surface area (Å²) >= 11 is 6.02. The van der Waals surface area contributed by atoms with Crippen molar-refractivity contribution in [3.05, 3.63) is 22.5 Å². The van der Waals surface area contributed by atoms with Crippen LogP contribution in [-0.4, -0.2) is 29.8 Å². The predicted octanol–water partition coefficient (Wildman–Crippen LogP) is 3.22. The van der Waals surface area contributed by atoms with Crippen LogP contribution in [0, 0.1) is 6.92 Å². The highest BCUT2D eigenvalue weighted by Gasteiger charge is 2.05. The molecule has 1 heterocycles. The lowest BCUT2D eigenvalue weighted by Crippen LogP contribution is -2.14. The van der Waals surface area contributed by atoms with Gasteiger partial charge in [-0.3, -0.25) is 0 Å². The Kier molecular flexibility index (Phi) is 4.74. The van der Waals surface area contributed by atoms with Gasteiger partial charge >= 0.3 is 0 Å². The number of aryl methyl sites for hydroxylation is 2. The Hall–Kier alpha value is -1.09. The zero-order chi connectivity index (χ0) is 12.1. The molecule has 0 aliphatic carbocycles. The van der Waals surface area contributed by atoms with Crippen LogP contribution in [-0.2, 0) is 6.42 Å². The normalized spacial score (nSPS) is 11.1. The maximum absolute atomic E-state index is 6.02. The summed E-state index contributed by atoms with van der Waals surface area (Å²) in [6.45, 7) is 6.99. The quantitative estimate of drug-likeness (QED) is 0.459. The molecule has 0 aliphatic heterocycles. The molecule has 0 amide bonds. The van der Waals surface area contributed by atoms with Gasteiger partial charge in [0.1, 0.15) is 5.15 Å². The van der Waals surface area contributed by atoms with Gasteiger partial charge in [0.25, 0.3) is 0 Å². The zero-order valence-electron chi connectivity index (χ0n) is 10.3. The molecule has 4 heteroatoms. The first-order valence-corrected chi connectivity index (χ1v) is 5.86. The summed E-state index contributed by atoms with van der Waals surface area (Å²) in [5.41, 5.74) is 2.79. The van der Waals surface area contributed by atoms with E-state index < -0.39 is 0 Å². The largest absolute Gasteiger partial charge is 0.366 e. The molecule has 0 aliphatic rings. The molecule has 0 atom stereocenters. The molecule has 0 N–H and O–H groups in total. The van der Waals surface area contributed by atoms with Crippen LogP contribution in [0.25, 0.3) is 0 Å². The SMILES string of the molecule is CCc1cc(N=CN(C)CC)c(C)nc1Cl. The van der Waals surface area contributed by atoms with Gasteiger partial charge in [-0.1, -0.05) is 18.5 Å². The number of nitrogens with zero attached hydrogens (tertiary/aromatic N) is 3. The van der Waals surface area contributed by atoms with Crippen LogP contribution in [0.3, 0.4) is 0 Å². The molecule has 1 aromatic heterocycles. The fourth-order valence-corrected chi connectivity index (χ4v) is 1.54. The second-order valence-electron chi connectivity index (χ2n) is 3.71. The molecule has 0 spiro atoms. The van der Waals surface area contributed by atoms with Gasteiger partial charge in [-0.2, -0.15) is 0 Å². The van der Waals surface area contributed by atoms with Gasteiger partial charge in [0, 0.05) is 13.6 Å². The van der Waals surface area contributed by atoms with E-state index in [4.69, 9.17) is 11.6 Å². The second-order valence-corrected chi connectivity index (χ2v) is 4.07. The van der Waals surface area contributed by atoms with Crippen molar-refractivity contribution in [3.8, 4) is 0 Å². The Balaban J connectivity index is 3.00. The van der Waals surface area contributed by atoms with Crippen molar-refractivity contribution < 1.29 is 0 Å². The smallest absolute Gasteiger partial charge is 0.132 e. The van der Waals surface area contributed by atoms with Gasteiger partial charge in [0.15, 0.2) is 0 Å². The first-order valence-electron chi connectivity index (χ1n) is 5.48. The van der Waals surface area contributed by atoms with E-state index >= 15 is 0 Å². The monoisotopic (exact) mass is 239 g/mol. The summed E-state index contributed by atoms with van der Waals surface area (Å²) in [5.74, 6) is 0. The van der Waals surface area contributed by atoms with E-state index in [0.29, 0.717) is 5.15 Å². The molecule has 0 unspecified atom stereocenters. The molecule has 0 saturated heterocycles. The van der Waals surface area contributed by atoms with Crippen molar-refractivity contribution in [2.45, 2.75) is 27.2 Å². The average Bonchev–Trinajstić information content (AvgIpc) is 2.27. The number of halogens is 1. The van der Waals surface area contributed by atoms with Crippen LogP contribution in [0.5, 0.6) is 0 Å². The van der Waals surface area contributed by atoms with Gasteiger partial charge in [-0.15, -0.1) is 0 Å². The third-order valence-electron chi connectivity index (χ3n) is 2.49. The van der Waals surface area contributed by atoms with Crippen LogP contribution < -0.4 is 0 Å². The van der Waals surface area contributed by atoms with Crippen molar-refractivity contribution in [2.24, 2.45) is 4.99 Å². The Morgan fingerprint density at radius 3 is 2.75 bits per heavy atom. The van der Waals surface area contributed by atoms with Crippen molar-refractivity contribution in [1.82, 2.24) is 9.88 Å². The summed E-state index contributed by atoms with van der Waals surface area (Å²) < 4.78 is 0. The Labute approximate surface area is 102 Å². The third-order valence-corrected chi connectivity index (χ3v) is 2.81. The van der Waals surface area contributed by atoms with Gasteiger partial charge < -0.3 is 4.90 Å². The predicted molar refractivity (Wildman–Crippen MR) is 69.8 cm³/mol. The lowest BCUT2D eigenvalue weighted by molar-refractivity contribution is 0.552. The molecule has 1 aromatic rings. The molecular weight excluding hydrogens is 222 g/mol. The maximum Gasteiger partial charge on any atom is 0.132 e. The van der Waals surface area contributed by atoms with Crippen LogP contribution >= 0.6 is 11.6 Å². The van der Waals surface area contributed by atoms with E-state index in [1.807, 2.05) is 31.3 Å². The number of hydrogen-bond acceptors (Lipinski definition) is 2. The zero-order valence-corrected chi connectivity index (χ0v) is 11.0. The van der Waals surface area contributed by atoms with Gasteiger partial charge in [-0.25, -0.2) is 9.98 Å². The van der Waals surface area contributed by atoms with Crippen LogP contribution in [0.4, 0.5) is 5.69 Å². The molecule has 1 rings (SSSR count). The van der Waals surface area contributed by atoms with Crippen LogP contribution in [0.1, 0.15) is 25.1 Å². The fraction of sp³-hybridized carbons (Fsp3) is 0.500. The molecule has 0 radical (unpaired) electrons. The summed E-state index contributed by atoms with van der Waals surface area (Å²) in [7, 11) is 1.99. The summed E-state index contributed by atoms with van der Waals surface area (Å²) in [5, 5.41) is 0.586. The van der Waals surface area contributed by atoms with E-state index in [1.165, 1.54) is 0 Å². The highest BCUT2D eigenvalue weighted by molar-refractivity contribution is 6.30. The number of aliphatic imine (C=N–C) groups is 1. The van der Waals surface area contributed by atoms with E-state index in [0.717, 1.165) is 29.9 Å². The van der Waals surface area contributed by atoms with Crippen LogP contribution in [0.15, 0.2) is 11.1 Å². The third kappa shape index (κ3) is 3.20. The van der Waals surface area contributed by atoms with Crippen molar-refractivity contribution in [2.75, 3.05) is 13.6 Å². The van der Waals surface area contributed by atoms with Gasteiger partial charge in [0.05, 0.1) is 17.7 Å². The number of rotatable bonds is 4. The van der Waals surface area contributed by atoms with E-state index in [1.54, 1.807) is 0 Å². The molecule has 88 valence electrons. The molecule has 16 heavy (non-hydrogen) atoms. The number of pyridine rings is 1. The Morgan fingerprint density at radius 1 is 1.50 bits per heavy atom. The first kappa shape index (κ1) is 13.0. The number of hydrogen-bond donors (Lipinski definition) is 0. The van der Waals surface area contributed by atoms with E-state index in [9.17, 15) is 0 Å². The van der Waals surface area contributed by atoms with E-state index in [2.05, 4.69) is 23.8 Å². The van der Waals surface area contributed by atoms with E-state index in [-0.39, 0.29) is 0 Å². The average molecular weight is 240 g/mol. The lowest BCUT2D eigenvalue weighted by atomic mass is 10.2. The summed E-state index contributed by atoms with van der Waals surface area (Å²) in [4.78, 5) is 10.7. The minimum Gasteiger partial charge on any atom is -0.366 e. The fourth-order valence-electron chi connectivity index (χ4n) is 1.23. The summed E-state index contributed by atoms with van der Waals surface area (Å²) in [6.07, 6.45) is 2.69. The first-order chi connectivity index (χ1) is 7.58.